The van der Waals surface area contributed by atoms with Crippen LogP contribution in [0.2, 0.25) is 0 Å². The normalized spacial score (nSPS) is 10.0. The van der Waals surface area contributed by atoms with Crippen LogP contribution in [0, 0.1) is 6.92 Å². The van der Waals surface area contributed by atoms with Gasteiger partial charge in [0.2, 0.25) is 0 Å². The Labute approximate surface area is 122 Å². The van der Waals surface area contributed by atoms with Crippen molar-refractivity contribution in [1.29, 1.82) is 0 Å². The Balaban J connectivity index is 2.34. The summed E-state index contributed by atoms with van der Waals surface area (Å²) >= 11 is 0. The Hall–Kier alpha value is -2.82. The van der Waals surface area contributed by atoms with Gasteiger partial charge in [0.05, 0.1) is 23.9 Å². The highest BCUT2D eigenvalue weighted by Gasteiger charge is 2.16. The van der Waals surface area contributed by atoms with Gasteiger partial charge < -0.3 is 15.8 Å². The van der Waals surface area contributed by atoms with Gasteiger partial charge in [-0.2, -0.15) is 0 Å². The van der Waals surface area contributed by atoms with E-state index in [4.69, 9.17) is 10.5 Å². The number of carbonyl (C=O) groups excluding carboxylic acids is 2. The zero-order valence-corrected chi connectivity index (χ0v) is 11.8. The van der Waals surface area contributed by atoms with Crippen molar-refractivity contribution in [2.24, 2.45) is 0 Å². The van der Waals surface area contributed by atoms with Gasteiger partial charge in [0.1, 0.15) is 0 Å². The number of para-hydroxylation sites is 1. The fourth-order valence-corrected chi connectivity index (χ4v) is 1.94. The molecule has 0 atom stereocenters. The molecule has 0 unspecified atom stereocenters. The summed E-state index contributed by atoms with van der Waals surface area (Å²) in [5.41, 5.74) is 8.09. The minimum Gasteiger partial charge on any atom is -0.465 e. The molecule has 2 aromatic rings. The van der Waals surface area contributed by atoms with Crippen LogP contribution in [0.3, 0.4) is 0 Å². The molecule has 0 spiro atoms. The summed E-state index contributed by atoms with van der Waals surface area (Å²) in [5, 5.41) is 2.69. The van der Waals surface area contributed by atoms with Crippen molar-refractivity contribution in [3.8, 4) is 0 Å². The van der Waals surface area contributed by atoms with Gasteiger partial charge in [0.15, 0.2) is 0 Å². The summed E-state index contributed by atoms with van der Waals surface area (Å²) in [5.74, 6) is -0.878. The first kappa shape index (κ1) is 14.6. The summed E-state index contributed by atoms with van der Waals surface area (Å²) in [6.45, 7) is 1.85. The van der Waals surface area contributed by atoms with E-state index in [-0.39, 0.29) is 5.91 Å². The van der Waals surface area contributed by atoms with Gasteiger partial charge in [0, 0.05) is 5.69 Å². The van der Waals surface area contributed by atoms with E-state index in [1.807, 2.05) is 6.92 Å². The van der Waals surface area contributed by atoms with Crippen molar-refractivity contribution in [1.82, 2.24) is 0 Å². The molecular formula is C16H16N2O3. The molecule has 0 fully saturated rings. The lowest BCUT2D eigenvalue weighted by Gasteiger charge is -2.11. The number of esters is 1. The molecule has 2 aromatic carbocycles. The highest BCUT2D eigenvalue weighted by molar-refractivity contribution is 6.10. The highest BCUT2D eigenvalue weighted by Crippen LogP contribution is 2.20. The molecule has 5 heteroatoms. The Morgan fingerprint density at radius 3 is 2.48 bits per heavy atom. The van der Waals surface area contributed by atoms with Crippen LogP contribution in [0.5, 0.6) is 0 Å². The first-order valence-corrected chi connectivity index (χ1v) is 6.37. The maximum atomic E-state index is 12.2. The summed E-state index contributed by atoms with van der Waals surface area (Å²) in [6.07, 6.45) is 0. The molecule has 0 saturated carbocycles. The number of nitrogens with one attached hydrogen (secondary N) is 1. The number of benzene rings is 2. The monoisotopic (exact) mass is 284 g/mol. The largest absolute Gasteiger partial charge is 0.465 e. The molecule has 0 saturated heterocycles. The number of rotatable bonds is 3. The van der Waals surface area contributed by atoms with Gasteiger partial charge in [-0.25, -0.2) is 4.79 Å². The third kappa shape index (κ3) is 3.20. The Morgan fingerprint density at radius 1 is 1.10 bits per heavy atom. The SMILES string of the molecule is COC(=O)c1cc(C)ccc1NC(=O)c1ccccc1N. The smallest absolute Gasteiger partial charge is 0.339 e. The number of anilines is 2. The number of ether oxygens (including phenoxy) is 1. The molecule has 5 nitrogen and oxygen atoms in total. The molecule has 1 amide bonds. The summed E-state index contributed by atoms with van der Waals surface area (Å²) in [7, 11) is 1.30. The minimum atomic E-state index is -0.505. The Bertz CT molecular complexity index is 696. The van der Waals surface area contributed by atoms with Crippen molar-refractivity contribution in [2.45, 2.75) is 6.92 Å². The first-order chi connectivity index (χ1) is 10.0. The lowest BCUT2D eigenvalue weighted by molar-refractivity contribution is 0.0602. The average Bonchev–Trinajstić information content (AvgIpc) is 2.48. The summed E-state index contributed by atoms with van der Waals surface area (Å²) < 4.78 is 4.73. The van der Waals surface area contributed by atoms with E-state index >= 15 is 0 Å². The number of hydrogen-bond donors (Lipinski definition) is 2. The quantitative estimate of drug-likeness (QED) is 0.670. The molecule has 0 heterocycles. The molecule has 2 rings (SSSR count). The standard InChI is InChI=1S/C16H16N2O3/c1-10-7-8-14(12(9-10)16(20)21-2)18-15(19)11-5-3-4-6-13(11)17/h3-9H,17H2,1-2H3,(H,18,19). The van der Waals surface area contributed by atoms with Crippen LogP contribution in [0.15, 0.2) is 42.5 Å². The number of nitrogens with two attached hydrogens (primary N) is 1. The van der Waals surface area contributed by atoms with Crippen molar-refractivity contribution in [3.05, 3.63) is 59.2 Å². The van der Waals surface area contributed by atoms with Crippen LogP contribution in [0.25, 0.3) is 0 Å². The summed E-state index contributed by atoms with van der Waals surface area (Å²) in [6, 6.07) is 11.9. The predicted molar refractivity (Wildman–Crippen MR) is 81.3 cm³/mol. The molecule has 0 aromatic heterocycles. The second-order valence-electron chi connectivity index (χ2n) is 4.58. The Kier molecular flexibility index (Phi) is 4.23. The topological polar surface area (TPSA) is 81.4 Å². The number of hydrogen-bond acceptors (Lipinski definition) is 4. The fraction of sp³-hybridized carbons (Fsp3) is 0.125. The van der Waals surface area contributed by atoms with E-state index in [0.29, 0.717) is 22.5 Å². The maximum Gasteiger partial charge on any atom is 0.339 e. The third-order valence-corrected chi connectivity index (χ3v) is 3.03. The highest BCUT2D eigenvalue weighted by atomic mass is 16.5. The van der Waals surface area contributed by atoms with Crippen LogP contribution in [0.4, 0.5) is 11.4 Å². The molecular weight excluding hydrogens is 268 g/mol. The van der Waals surface area contributed by atoms with Crippen LogP contribution < -0.4 is 11.1 Å². The van der Waals surface area contributed by atoms with Crippen LogP contribution >= 0.6 is 0 Å². The number of amides is 1. The molecule has 0 aliphatic carbocycles. The van der Waals surface area contributed by atoms with E-state index in [9.17, 15) is 9.59 Å². The van der Waals surface area contributed by atoms with Gasteiger partial charge in [-0.05, 0) is 31.2 Å². The zero-order chi connectivity index (χ0) is 15.4. The van der Waals surface area contributed by atoms with Crippen molar-refractivity contribution >= 4 is 23.3 Å². The third-order valence-electron chi connectivity index (χ3n) is 3.03. The number of methoxy groups -OCH3 is 1. The first-order valence-electron chi connectivity index (χ1n) is 6.37. The van der Waals surface area contributed by atoms with Crippen molar-refractivity contribution in [2.75, 3.05) is 18.2 Å². The minimum absolute atomic E-state index is 0.306. The number of aryl methyl sites for hydroxylation is 1. The fourth-order valence-electron chi connectivity index (χ4n) is 1.94. The molecule has 0 aliphatic rings. The van der Waals surface area contributed by atoms with Gasteiger partial charge in [0.25, 0.3) is 5.91 Å². The lowest BCUT2D eigenvalue weighted by Crippen LogP contribution is -2.16. The van der Waals surface area contributed by atoms with Crippen LogP contribution in [-0.2, 0) is 4.74 Å². The van der Waals surface area contributed by atoms with Crippen molar-refractivity contribution < 1.29 is 14.3 Å². The van der Waals surface area contributed by atoms with Crippen LogP contribution in [0.1, 0.15) is 26.3 Å². The van der Waals surface area contributed by atoms with E-state index in [1.165, 1.54) is 7.11 Å². The molecule has 21 heavy (non-hydrogen) atoms. The van der Waals surface area contributed by atoms with Crippen molar-refractivity contribution in [3.63, 3.8) is 0 Å². The summed E-state index contributed by atoms with van der Waals surface area (Å²) in [4.78, 5) is 24.0. The van der Waals surface area contributed by atoms with E-state index in [1.54, 1.807) is 42.5 Å². The number of carbonyl (C=O) groups is 2. The molecule has 0 radical (unpaired) electrons. The molecule has 3 N–H and O–H groups in total. The van der Waals surface area contributed by atoms with Gasteiger partial charge in [-0.3, -0.25) is 4.79 Å². The second kappa shape index (κ2) is 6.09. The second-order valence-corrected chi connectivity index (χ2v) is 4.58. The van der Waals surface area contributed by atoms with E-state index in [0.717, 1.165) is 5.56 Å². The average molecular weight is 284 g/mol. The van der Waals surface area contributed by atoms with Crippen LogP contribution in [-0.4, -0.2) is 19.0 Å². The van der Waals surface area contributed by atoms with Gasteiger partial charge >= 0.3 is 5.97 Å². The zero-order valence-electron chi connectivity index (χ0n) is 11.8. The van der Waals surface area contributed by atoms with Gasteiger partial charge in [-0.15, -0.1) is 0 Å². The molecule has 0 bridgehead atoms. The van der Waals surface area contributed by atoms with Gasteiger partial charge in [-0.1, -0.05) is 23.8 Å². The maximum absolute atomic E-state index is 12.2. The van der Waals surface area contributed by atoms with E-state index < -0.39 is 5.97 Å². The lowest BCUT2D eigenvalue weighted by atomic mass is 10.1. The molecule has 0 aliphatic heterocycles. The Morgan fingerprint density at radius 2 is 1.81 bits per heavy atom. The number of nitrogen functional groups attached to an aromatic ring is 1. The molecule has 108 valence electrons. The van der Waals surface area contributed by atoms with E-state index in [2.05, 4.69) is 5.32 Å². The predicted octanol–water partition coefficient (Wildman–Crippen LogP) is 2.62.